The molecule has 3 N–H and O–H groups in total. The van der Waals surface area contributed by atoms with Crippen molar-refractivity contribution >= 4 is 6.03 Å². The van der Waals surface area contributed by atoms with Gasteiger partial charge in [0.05, 0.1) is 11.6 Å². The van der Waals surface area contributed by atoms with Gasteiger partial charge in [0.2, 0.25) is 0 Å². The molecule has 2 amide bonds. The number of nitrogens with one attached hydrogen (secondary N) is 1. The van der Waals surface area contributed by atoms with Crippen LogP contribution in [0.4, 0.5) is 18.0 Å². The van der Waals surface area contributed by atoms with Gasteiger partial charge < -0.3 is 11.1 Å². The minimum Gasteiger partial charge on any atom is -0.352 e. The van der Waals surface area contributed by atoms with Crippen LogP contribution in [-0.4, -0.2) is 6.03 Å². The van der Waals surface area contributed by atoms with E-state index in [1.807, 2.05) is 0 Å². The van der Waals surface area contributed by atoms with Crippen molar-refractivity contribution in [2.75, 3.05) is 0 Å². The number of amides is 2. The van der Waals surface area contributed by atoms with Crippen LogP contribution in [0.1, 0.15) is 24.1 Å². The molecule has 0 unspecified atom stereocenters. The van der Waals surface area contributed by atoms with Crippen LogP contribution in [-0.2, 0) is 6.18 Å². The number of nitrogens with two attached hydrogens (primary N) is 1. The van der Waals surface area contributed by atoms with Gasteiger partial charge in [-0.15, -0.1) is 0 Å². The van der Waals surface area contributed by atoms with Crippen LogP contribution >= 0.6 is 0 Å². The lowest BCUT2D eigenvalue weighted by Gasteiger charge is -2.14. The van der Waals surface area contributed by atoms with Crippen molar-refractivity contribution in [3.8, 4) is 0 Å². The Morgan fingerprint density at radius 1 is 1.44 bits per heavy atom. The molecule has 16 heavy (non-hydrogen) atoms. The van der Waals surface area contributed by atoms with Gasteiger partial charge in [0.15, 0.2) is 0 Å². The van der Waals surface area contributed by atoms with Crippen LogP contribution in [0.25, 0.3) is 0 Å². The van der Waals surface area contributed by atoms with Crippen LogP contribution in [0, 0.1) is 0 Å². The molecule has 1 aromatic carbocycles. The fraction of sp³-hybridized carbons (Fsp3) is 0.300. The van der Waals surface area contributed by atoms with Gasteiger partial charge in [-0.05, 0) is 24.6 Å². The third-order valence-corrected chi connectivity index (χ3v) is 2.07. The molecule has 0 spiro atoms. The van der Waals surface area contributed by atoms with Gasteiger partial charge in [-0.3, -0.25) is 0 Å². The van der Waals surface area contributed by atoms with E-state index in [4.69, 9.17) is 5.73 Å². The summed E-state index contributed by atoms with van der Waals surface area (Å²) in [7, 11) is 0. The van der Waals surface area contributed by atoms with Gasteiger partial charge in [-0.1, -0.05) is 12.1 Å². The van der Waals surface area contributed by atoms with Crippen LogP contribution in [0.3, 0.4) is 0 Å². The summed E-state index contributed by atoms with van der Waals surface area (Å²) in [5.41, 5.74) is 4.49. The monoisotopic (exact) mass is 232 g/mol. The molecule has 0 aliphatic carbocycles. The van der Waals surface area contributed by atoms with E-state index in [9.17, 15) is 18.0 Å². The van der Waals surface area contributed by atoms with Gasteiger partial charge >= 0.3 is 12.2 Å². The largest absolute Gasteiger partial charge is 0.416 e. The average Bonchev–Trinajstić information content (AvgIpc) is 2.15. The fourth-order valence-electron chi connectivity index (χ4n) is 1.28. The molecule has 0 aliphatic rings. The average molecular weight is 232 g/mol. The third-order valence-electron chi connectivity index (χ3n) is 2.07. The maximum Gasteiger partial charge on any atom is 0.416 e. The smallest absolute Gasteiger partial charge is 0.352 e. The zero-order chi connectivity index (χ0) is 12.3. The molecule has 0 radical (unpaired) electrons. The first-order chi connectivity index (χ1) is 7.30. The number of hydrogen-bond donors (Lipinski definition) is 2. The molecule has 0 saturated heterocycles. The predicted octanol–water partition coefficient (Wildman–Crippen LogP) is 2.43. The van der Waals surface area contributed by atoms with E-state index in [0.717, 1.165) is 12.1 Å². The lowest BCUT2D eigenvalue weighted by Crippen LogP contribution is -2.31. The molecule has 1 atom stereocenters. The number of primary amides is 1. The number of carbonyl (C=O) groups is 1. The van der Waals surface area contributed by atoms with E-state index in [-0.39, 0.29) is 0 Å². The Balaban J connectivity index is 2.94. The molecule has 3 nitrogen and oxygen atoms in total. The van der Waals surface area contributed by atoms with Crippen molar-refractivity contribution in [3.05, 3.63) is 35.4 Å². The zero-order valence-electron chi connectivity index (χ0n) is 8.51. The van der Waals surface area contributed by atoms with E-state index in [1.54, 1.807) is 6.92 Å². The predicted molar refractivity (Wildman–Crippen MR) is 52.6 cm³/mol. The molecule has 1 rings (SSSR count). The van der Waals surface area contributed by atoms with Crippen molar-refractivity contribution in [1.82, 2.24) is 5.32 Å². The highest BCUT2D eigenvalue weighted by Gasteiger charge is 2.30. The van der Waals surface area contributed by atoms with E-state index in [1.165, 1.54) is 12.1 Å². The van der Waals surface area contributed by atoms with Crippen molar-refractivity contribution in [2.45, 2.75) is 19.1 Å². The normalized spacial score (nSPS) is 13.2. The van der Waals surface area contributed by atoms with Crippen molar-refractivity contribution in [3.63, 3.8) is 0 Å². The number of carbonyl (C=O) groups excluding carboxylic acids is 1. The maximum absolute atomic E-state index is 12.4. The maximum atomic E-state index is 12.4. The second-order valence-corrected chi connectivity index (χ2v) is 3.35. The van der Waals surface area contributed by atoms with Gasteiger partial charge in [0.25, 0.3) is 0 Å². The van der Waals surface area contributed by atoms with Gasteiger partial charge in [0, 0.05) is 0 Å². The highest BCUT2D eigenvalue weighted by molar-refractivity contribution is 5.72. The zero-order valence-corrected chi connectivity index (χ0v) is 8.51. The van der Waals surface area contributed by atoms with Crippen LogP contribution < -0.4 is 11.1 Å². The summed E-state index contributed by atoms with van der Waals surface area (Å²) in [6.45, 7) is 1.56. The second-order valence-electron chi connectivity index (χ2n) is 3.35. The number of urea groups is 1. The van der Waals surface area contributed by atoms with Crippen molar-refractivity contribution in [2.24, 2.45) is 5.73 Å². The van der Waals surface area contributed by atoms with Crippen molar-refractivity contribution in [1.29, 1.82) is 0 Å². The molecule has 1 aromatic rings. The first kappa shape index (κ1) is 12.4. The van der Waals surface area contributed by atoms with E-state index in [2.05, 4.69) is 5.32 Å². The SMILES string of the molecule is C[C@H](NC(N)=O)c1cccc(C(F)(F)F)c1. The number of benzene rings is 1. The fourth-order valence-corrected chi connectivity index (χ4v) is 1.28. The molecule has 0 saturated carbocycles. The molecule has 0 fully saturated rings. The Bertz CT molecular complexity index is 390. The quantitative estimate of drug-likeness (QED) is 0.808. The molecule has 0 aliphatic heterocycles. The Morgan fingerprint density at radius 3 is 2.56 bits per heavy atom. The summed E-state index contributed by atoms with van der Waals surface area (Å²) in [5.74, 6) is 0. The summed E-state index contributed by atoms with van der Waals surface area (Å²) in [4.78, 5) is 10.6. The standard InChI is InChI=1S/C10H11F3N2O/c1-6(15-9(14)16)7-3-2-4-8(5-7)10(11,12)13/h2-6H,1H3,(H3,14,15,16)/t6-/m0/s1. The Hall–Kier alpha value is -1.72. The summed E-state index contributed by atoms with van der Waals surface area (Å²) in [5, 5.41) is 2.31. The number of rotatable bonds is 2. The summed E-state index contributed by atoms with van der Waals surface area (Å²) in [6.07, 6.45) is -4.39. The minimum absolute atomic E-state index is 0.355. The van der Waals surface area contributed by atoms with E-state index >= 15 is 0 Å². The highest BCUT2D eigenvalue weighted by atomic mass is 19.4. The highest BCUT2D eigenvalue weighted by Crippen LogP contribution is 2.30. The first-order valence-electron chi connectivity index (χ1n) is 4.54. The molecule has 0 bridgehead atoms. The van der Waals surface area contributed by atoms with E-state index < -0.39 is 23.8 Å². The second kappa shape index (κ2) is 4.42. The lowest BCUT2D eigenvalue weighted by molar-refractivity contribution is -0.137. The molecule has 6 heteroatoms. The van der Waals surface area contributed by atoms with Crippen LogP contribution in [0.15, 0.2) is 24.3 Å². The number of hydrogen-bond acceptors (Lipinski definition) is 1. The number of alkyl halides is 3. The Labute approximate surface area is 90.4 Å². The van der Waals surface area contributed by atoms with Gasteiger partial charge in [0.1, 0.15) is 0 Å². The van der Waals surface area contributed by atoms with Gasteiger partial charge in [-0.2, -0.15) is 13.2 Å². The molecular formula is C10H11F3N2O. The first-order valence-corrected chi connectivity index (χ1v) is 4.54. The summed E-state index contributed by atoms with van der Waals surface area (Å²) >= 11 is 0. The molecular weight excluding hydrogens is 221 g/mol. The summed E-state index contributed by atoms with van der Waals surface area (Å²) in [6, 6.07) is 3.42. The molecule has 0 aromatic heterocycles. The number of halogens is 3. The van der Waals surface area contributed by atoms with Crippen LogP contribution in [0.5, 0.6) is 0 Å². The Morgan fingerprint density at radius 2 is 2.06 bits per heavy atom. The van der Waals surface area contributed by atoms with Crippen molar-refractivity contribution < 1.29 is 18.0 Å². The molecule has 88 valence electrons. The lowest BCUT2D eigenvalue weighted by atomic mass is 10.1. The third kappa shape index (κ3) is 3.15. The van der Waals surface area contributed by atoms with E-state index in [0.29, 0.717) is 5.56 Å². The Kier molecular flexibility index (Phi) is 3.41. The van der Waals surface area contributed by atoms with Crippen LogP contribution in [0.2, 0.25) is 0 Å². The molecule has 0 heterocycles. The summed E-state index contributed by atoms with van der Waals surface area (Å²) < 4.78 is 37.1. The van der Waals surface area contributed by atoms with Gasteiger partial charge in [-0.25, -0.2) is 4.79 Å². The topological polar surface area (TPSA) is 55.1 Å². The minimum atomic E-state index is -4.39.